The molecule has 0 amide bonds. The molecule has 0 aliphatic heterocycles. The molecule has 0 N–H and O–H groups in total. The van der Waals surface area contributed by atoms with Gasteiger partial charge in [0.05, 0.1) is 11.6 Å². The fourth-order valence-corrected chi connectivity index (χ4v) is 1.04. The van der Waals surface area contributed by atoms with Crippen LogP contribution in [-0.4, -0.2) is 30.2 Å². The molecule has 0 saturated heterocycles. The maximum atomic E-state index is 12.4. The number of halogens is 2. The third kappa shape index (κ3) is 2.97. The summed E-state index contributed by atoms with van der Waals surface area (Å²) in [5.41, 5.74) is 0. The second-order valence-corrected chi connectivity index (χ2v) is 2.63. The normalized spacial score (nSPS) is 8.64. The first-order valence-corrected chi connectivity index (χ1v) is 3.52. The van der Waals surface area contributed by atoms with Crippen molar-refractivity contribution < 1.29 is 9.13 Å². The Labute approximate surface area is 89.2 Å². The van der Waals surface area contributed by atoms with Crippen molar-refractivity contribution in [1.82, 2.24) is 0 Å². The first-order valence-electron chi connectivity index (χ1n) is 2.73. The predicted molar refractivity (Wildman–Crippen MR) is 49.2 cm³/mol. The number of hydrogen-bond donors (Lipinski definition) is 0. The van der Waals surface area contributed by atoms with Gasteiger partial charge >= 0.3 is 23.1 Å². The highest BCUT2D eigenvalue weighted by atomic mass is 79.9. The molecule has 0 saturated carbocycles. The van der Waals surface area contributed by atoms with Crippen LogP contribution in [0.5, 0.6) is 5.75 Å². The average Bonchev–Trinajstić information content (AvgIpc) is 1.94. The molecule has 0 aliphatic rings. The number of benzene rings is 1. The van der Waals surface area contributed by atoms with Crippen molar-refractivity contribution in [3.05, 3.63) is 28.5 Å². The Hall–Kier alpha value is 0.196. The Morgan fingerprint density at radius 1 is 1.45 bits per heavy atom. The van der Waals surface area contributed by atoms with Gasteiger partial charge in [0.1, 0.15) is 11.6 Å². The fourth-order valence-electron chi connectivity index (χ4n) is 0.634. The zero-order chi connectivity index (χ0) is 7.56. The van der Waals surface area contributed by atoms with Gasteiger partial charge in [-0.2, -0.15) is 0 Å². The highest BCUT2D eigenvalue weighted by Gasteiger charge is 1.99. The Morgan fingerprint density at radius 3 is 2.55 bits per heavy atom. The number of ether oxygens (including phenoxy) is 1. The van der Waals surface area contributed by atoms with Gasteiger partial charge < -0.3 is 4.74 Å². The van der Waals surface area contributed by atoms with Gasteiger partial charge in [-0.1, -0.05) is 0 Å². The Bertz CT molecular complexity index is 242. The average molecular weight is 231 g/mol. The smallest absolute Gasteiger partial charge is 0.316 e. The van der Waals surface area contributed by atoms with Crippen LogP contribution >= 0.6 is 15.9 Å². The van der Waals surface area contributed by atoms with Crippen molar-refractivity contribution in [2.24, 2.45) is 0 Å². The van der Waals surface area contributed by atoms with Gasteiger partial charge in [-0.05, 0) is 28.1 Å². The molecule has 0 atom stereocenters. The van der Waals surface area contributed by atoms with Crippen LogP contribution in [0.25, 0.3) is 0 Å². The molecule has 0 aromatic heterocycles. The van der Waals surface area contributed by atoms with Crippen LogP contribution in [0.4, 0.5) is 4.39 Å². The van der Waals surface area contributed by atoms with Crippen molar-refractivity contribution in [1.29, 1.82) is 0 Å². The van der Waals surface area contributed by atoms with E-state index in [1.807, 2.05) is 0 Å². The van der Waals surface area contributed by atoms with Crippen molar-refractivity contribution in [3.8, 4) is 5.75 Å². The molecule has 11 heavy (non-hydrogen) atoms. The quantitative estimate of drug-likeness (QED) is 0.668. The summed E-state index contributed by atoms with van der Waals surface area (Å²) in [6.07, 6.45) is 0. The first-order chi connectivity index (χ1) is 4.74. The molecule has 0 bridgehead atoms. The van der Waals surface area contributed by atoms with Crippen LogP contribution in [-0.2, 0) is 0 Å². The molecule has 0 radical (unpaired) electrons. The minimum atomic E-state index is -0.292. The van der Waals surface area contributed by atoms with Crippen LogP contribution in [0.2, 0.25) is 0 Å². The molecule has 1 nitrogen and oxygen atoms in total. The lowest BCUT2D eigenvalue weighted by Gasteiger charge is -2.00. The molecule has 1 aromatic carbocycles. The SMILES string of the molecule is COc1cc(F)ccc1Br.[MgH2]. The highest BCUT2D eigenvalue weighted by Crippen LogP contribution is 2.24. The number of hydrogen-bond acceptors (Lipinski definition) is 1. The van der Waals surface area contributed by atoms with E-state index in [2.05, 4.69) is 15.9 Å². The van der Waals surface area contributed by atoms with Gasteiger partial charge in [-0.3, -0.25) is 0 Å². The monoisotopic (exact) mass is 230 g/mol. The molecular formula is C7H8BrFMgO. The molecule has 0 fully saturated rings. The highest BCUT2D eigenvalue weighted by molar-refractivity contribution is 9.10. The van der Waals surface area contributed by atoms with Gasteiger partial charge in [0.2, 0.25) is 0 Å². The van der Waals surface area contributed by atoms with Gasteiger partial charge in [-0.15, -0.1) is 0 Å². The van der Waals surface area contributed by atoms with Crippen LogP contribution < -0.4 is 4.74 Å². The molecular weight excluding hydrogens is 223 g/mol. The van der Waals surface area contributed by atoms with E-state index in [1.54, 1.807) is 6.07 Å². The minimum absolute atomic E-state index is 0. The molecule has 0 spiro atoms. The second-order valence-electron chi connectivity index (χ2n) is 1.78. The molecule has 1 rings (SSSR count). The van der Waals surface area contributed by atoms with E-state index in [-0.39, 0.29) is 28.9 Å². The largest absolute Gasteiger partial charge is 0.495 e. The minimum Gasteiger partial charge on any atom is -0.495 e. The lowest BCUT2D eigenvalue weighted by Crippen LogP contribution is -1.84. The summed E-state index contributed by atoms with van der Waals surface area (Å²) in [6.45, 7) is 0. The fraction of sp³-hybridized carbons (Fsp3) is 0.143. The van der Waals surface area contributed by atoms with E-state index in [0.29, 0.717) is 5.75 Å². The molecule has 58 valence electrons. The lowest BCUT2D eigenvalue weighted by molar-refractivity contribution is 0.408. The maximum absolute atomic E-state index is 12.4. The van der Waals surface area contributed by atoms with Crippen molar-refractivity contribution in [2.45, 2.75) is 0 Å². The van der Waals surface area contributed by atoms with Crippen LogP contribution in [0.3, 0.4) is 0 Å². The summed E-state index contributed by atoms with van der Waals surface area (Å²) in [5.74, 6) is 0.222. The van der Waals surface area contributed by atoms with E-state index < -0.39 is 0 Å². The second kappa shape index (κ2) is 4.95. The van der Waals surface area contributed by atoms with Gasteiger partial charge in [-0.25, -0.2) is 4.39 Å². The summed E-state index contributed by atoms with van der Waals surface area (Å²) in [5, 5.41) is 0. The maximum Gasteiger partial charge on any atom is 0.316 e. The van der Waals surface area contributed by atoms with E-state index in [9.17, 15) is 4.39 Å². The Morgan fingerprint density at radius 2 is 2.09 bits per heavy atom. The molecule has 4 heteroatoms. The molecule has 0 aliphatic carbocycles. The van der Waals surface area contributed by atoms with Crippen molar-refractivity contribution in [2.75, 3.05) is 7.11 Å². The zero-order valence-corrected chi connectivity index (χ0v) is 6.98. The van der Waals surface area contributed by atoms with Gasteiger partial charge in [0, 0.05) is 6.07 Å². The topological polar surface area (TPSA) is 9.23 Å². The summed E-state index contributed by atoms with van der Waals surface area (Å²) in [4.78, 5) is 0. The standard InChI is InChI=1S/C7H6BrFO.Mg.2H/c1-10-7-4-5(9)2-3-6(7)8;;;/h2-4H,1H3;;;. The summed E-state index contributed by atoms with van der Waals surface area (Å²) in [7, 11) is 1.50. The summed E-state index contributed by atoms with van der Waals surface area (Å²) in [6, 6.07) is 4.30. The van der Waals surface area contributed by atoms with Crippen LogP contribution in [0, 0.1) is 5.82 Å². The Kier molecular flexibility index (Phi) is 5.04. The van der Waals surface area contributed by atoms with Crippen LogP contribution in [0.15, 0.2) is 22.7 Å². The third-order valence-electron chi connectivity index (χ3n) is 1.11. The third-order valence-corrected chi connectivity index (χ3v) is 1.77. The predicted octanol–water partition coefficient (Wildman–Crippen LogP) is 1.68. The van der Waals surface area contributed by atoms with E-state index >= 15 is 0 Å². The zero-order valence-electron chi connectivity index (χ0n) is 5.40. The number of rotatable bonds is 1. The molecule has 1 aromatic rings. The van der Waals surface area contributed by atoms with E-state index in [4.69, 9.17) is 4.74 Å². The molecule has 0 heterocycles. The Balaban J connectivity index is 0.000001000. The van der Waals surface area contributed by atoms with E-state index in [1.165, 1.54) is 19.2 Å². The summed E-state index contributed by atoms with van der Waals surface area (Å²) >= 11 is 3.20. The van der Waals surface area contributed by atoms with Crippen LogP contribution in [0.1, 0.15) is 0 Å². The molecule has 0 unspecified atom stereocenters. The van der Waals surface area contributed by atoms with Gasteiger partial charge in [0.25, 0.3) is 0 Å². The van der Waals surface area contributed by atoms with Gasteiger partial charge in [0.15, 0.2) is 0 Å². The summed E-state index contributed by atoms with van der Waals surface area (Å²) < 4.78 is 18.0. The van der Waals surface area contributed by atoms with E-state index in [0.717, 1.165) is 4.47 Å². The van der Waals surface area contributed by atoms with Crippen molar-refractivity contribution in [3.63, 3.8) is 0 Å². The van der Waals surface area contributed by atoms with Crippen molar-refractivity contribution >= 4 is 39.0 Å². The first kappa shape index (κ1) is 11.2. The number of methoxy groups -OCH3 is 1. The lowest BCUT2D eigenvalue weighted by atomic mass is 10.3.